The minimum absolute atomic E-state index is 0. The van der Waals surface area contributed by atoms with Crippen LogP contribution in [0, 0.1) is 5.92 Å². The predicted octanol–water partition coefficient (Wildman–Crippen LogP) is 1.02. The quantitative estimate of drug-likeness (QED) is 0.651. The van der Waals surface area contributed by atoms with Crippen molar-refractivity contribution in [3.05, 3.63) is 0 Å². The molecular weight excluding hydrogens is 178 g/mol. The number of carbonyl (C=O) groups is 1. The Morgan fingerprint density at radius 3 is 2.58 bits per heavy atom. The number of aliphatic carboxylic acids is 1. The third-order valence-corrected chi connectivity index (χ3v) is 2.90. The van der Waals surface area contributed by atoms with E-state index in [1.165, 1.54) is 6.42 Å². The van der Waals surface area contributed by atoms with Gasteiger partial charge in [-0.15, -0.1) is 12.4 Å². The Morgan fingerprint density at radius 1 is 1.25 bits per heavy atom. The predicted molar refractivity (Wildman–Crippen MR) is 47.6 cm³/mol. The minimum atomic E-state index is -0.622. The van der Waals surface area contributed by atoms with Gasteiger partial charge >= 0.3 is 5.97 Å². The summed E-state index contributed by atoms with van der Waals surface area (Å²) in [5, 5.41) is 12.2. The van der Waals surface area contributed by atoms with Crippen LogP contribution in [0.1, 0.15) is 25.7 Å². The number of fused-ring (bicyclic) bond motifs is 2. The summed E-state index contributed by atoms with van der Waals surface area (Å²) in [5.41, 5.74) is 0. The van der Waals surface area contributed by atoms with Gasteiger partial charge in [0.05, 0.1) is 5.92 Å². The van der Waals surface area contributed by atoms with Crippen LogP contribution in [0.25, 0.3) is 0 Å². The van der Waals surface area contributed by atoms with Gasteiger partial charge in [-0.2, -0.15) is 0 Å². The van der Waals surface area contributed by atoms with Gasteiger partial charge in [0, 0.05) is 12.1 Å². The normalized spacial score (nSPS) is 38.8. The standard InChI is InChI=1S/C8H13NO2.ClH/c10-8(11)6-3-1-5-2-4-7(6)9-5;/h5-7,9H,1-4H2,(H,10,11);1H/t5-,6-,7-;/m1./s1. The van der Waals surface area contributed by atoms with Crippen LogP contribution >= 0.6 is 12.4 Å². The fourth-order valence-electron chi connectivity index (χ4n) is 2.27. The lowest BCUT2D eigenvalue weighted by atomic mass is 9.92. The first-order chi connectivity index (χ1) is 5.27. The van der Waals surface area contributed by atoms with E-state index in [-0.39, 0.29) is 24.4 Å². The summed E-state index contributed by atoms with van der Waals surface area (Å²) in [6, 6.07) is 0.891. The number of carboxylic acid groups (broad SMARTS) is 1. The van der Waals surface area contributed by atoms with Crippen molar-refractivity contribution in [2.75, 3.05) is 0 Å². The molecule has 2 saturated heterocycles. The summed E-state index contributed by atoms with van der Waals surface area (Å²) in [7, 11) is 0. The highest BCUT2D eigenvalue weighted by atomic mass is 35.5. The Kier molecular flexibility index (Phi) is 2.96. The van der Waals surface area contributed by atoms with Crippen molar-refractivity contribution in [1.29, 1.82) is 0 Å². The molecule has 0 aromatic rings. The molecule has 0 aromatic carbocycles. The highest BCUT2D eigenvalue weighted by Gasteiger charge is 2.38. The van der Waals surface area contributed by atoms with Crippen LogP contribution in [0.15, 0.2) is 0 Å². The van der Waals surface area contributed by atoms with Crippen LogP contribution < -0.4 is 5.32 Å². The van der Waals surface area contributed by atoms with E-state index >= 15 is 0 Å². The number of rotatable bonds is 1. The van der Waals surface area contributed by atoms with Crippen molar-refractivity contribution in [2.24, 2.45) is 5.92 Å². The molecule has 0 unspecified atom stereocenters. The molecule has 70 valence electrons. The maximum atomic E-state index is 10.7. The van der Waals surface area contributed by atoms with Gasteiger partial charge in [-0.1, -0.05) is 0 Å². The van der Waals surface area contributed by atoms with Crippen molar-refractivity contribution in [3.63, 3.8) is 0 Å². The van der Waals surface area contributed by atoms with Crippen LogP contribution in [0.2, 0.25) is 0 Å². The second-order valence-electron chi connectivity index (χ2n) is 3.57. The number of halogens is 1. The van der Waals surface area contributed by atoms with Gasteiger partial charge in [-0.25, -0.2) is 0 Å². The third-order valence-electron chi connectivity index (χ3n) is 2.90. The van der Waals surface area contributed by atoms with Gasteiger partial charge in [0.15, 0.2) is 0 Å². The molecule has 0 radical (unpaired) electrons. The summed E-state index contributed by atoms with van der Waals surface area (Å²) < 4.78 is 0. The fourth-order valence-corrected chi connectivity index (χ4v) is 2.27. The second kappa shape index (κ2) is 3.62. The van der Waals surface area contributed by atoms with Gasteiger partial charge in [-0.05, 0) is 25.7 Å². The zero-order valence-electron chi connectivity index (χ0n) is 6.82. The van der Waals surface area contributed by atoms with E-state index in [0.717, 1.165) is 19.3 Å². The number of hydrogen-bond donors (Lipinski definition) is 2. The molecule has 3 nitrogen and oxygen atoms in total. The minimum Gasteiger partial charge on any atom is -0.481 e. The number of piperidine rings is 1. The third kappa shape index (κ3) is 1.57. The van der Waals surface area contributed by atoms with E-state index in [4.69, 9.17) is 5.11 Å². The molecule has 0 aromatic heterocycles. The molecule has 2 heterocycles. The van der Waals surface area contributed by atoms with Crippen LogP contribution in [0.5, 0.6) is 0 Å². The monoisotopic (exact) mass is 191 g/mol. The number of nitrogens with one attached hydrogen (secondary N) is 1. The van der Waals surface area contributed by atoms with E-state index in [2.05, 4.69) is 5.32 Å². The lowest BCUT2D eigenvalue weighted by molar-refractivity contribution is -0.143. The molecule has 4 heteroatoms. The van der Waals surface area contributed by atoms with E-state index in [0.29, 0.717) is 6.04 Å². The molecule has 0 saturated carbocycles. The first kappa shape index (κ1) is 9.81. The molecule has 0 aliphatic carbocycles. The van der Waals surface area contributed by atoms with Gasteiger partial charge in [-0.3, -0.25) is 4.79 Å². The van der Waals surface area contributed by atoms with Crippen LogP contribution in [-0.4, -0.2) is 23.2 Å². The summed E-state index contributed by atoms with van der Waals surface area (Å²) in [6.45, 7) is 0. The highest BCUT2D eigenvalue weighted by molar-refractivity contribution is 5.85. The Labute approximate surface area is 77.9 Å². The lowest BCUT2D eigenvalue weighted by Crippen LogP contribution is -2.43. The number of hydrogen-bond acceptors (Lipinski definition) is 2. The number of carboxylic acids is 1. The van der Waals surface area contributed by atoms with Gasteiger partial charge < -0.3 is 10.4 Å². The van der Waals surface area contributed by atoms with Crippen molar-refractivity contribution < 1.29 is 9.90 Å². The summed E-state index contributed by atoms with van der Waals surface area (Å²) in [5.74, 6) is -0.739. The largest absolute Gasteiger partial charge is 0.481 e. The smallest absolute Gasteiger partial charge is 0.308 e. The Bertz CT molecular complexity index is 186. The van der Waals surface area contributed by atoms with E-state index in [1.807, 2.05) is 0 Å². The molecule has 2 fully saturated rings. The summed E-state index contributed by atoms with van der Waals surface area (Å²) >= 11 is 0. The molecule has 2 bridgehead atoms. The Balaban J connectivity index is 0.000000720. The van der Waals surface area contributed by atoms with Crippen LogP contribution in [0.3, 0.4) is 0 Å². The van der Waals surface area contributed by atoms with E-state index in [1.54, 1.807) is 0 Å². The Morgan fingerprint density at radius 2 is 1.92 bits per heavy atom. The van der Waals surface area contributed by atoms with Crippen molar-refractivity contribution in [1.82, 2.24) is 5.32 Å². The maximum absolute atomic E-state index is 10.7. The van der Waals surface area contributed by atoms with E-state index in [9.17, 15) is 4.79 Å². The molecule has 12 heavy (non-hydrogen) atoms. The van der Waals surface area contributed by atoms with Crippen molar-refractivity contribution in [2.45, 2.75) is 37.8 Å². The van der Waals surface area contributed by atoms with Crippen molar-refractivity contribution >= 4 is 18.4 Å². The molecule has 0 spiro atoms. The van der Waals surface area contributed by atoms with Gasteiger partial charge in [0.25, 0.3) is 0 Å². The SMILES string of the molecule is Cl.O=C(O)[C@@H]1CC[C@@H]2CC[C@H]1N2. The lowest BCUT2D eigenvalue weighted by Gasteiger charge is -2.26. The molecule has 2 aliphatic heterocycles. The fraction of sp³-hybridized carbons (Fsp3) is 0.875. The summed E-state index contributed by atoms with van der Waals surface area (Å²) in [6.07, 6.45) is 4.15. The zero-order valence-corrected chi connectivity index (χ0v) is 7.64. The summed E-state index contributed by atoms with van der Waals surface area (Å²) in [4.78, 5) is 10.7. The molecular formula is C8H14ClNO2. The molecule has 2 N–H and O–H groups in total. The maximum Gasteiger partial charge on any atom is 0.308 e. The second-order valence-corrected chi connectivity index (χ2v) is 3.57. The Hall–Kier alpha value is -0.280. The molecule has 0 amide bonds. The first-order valence-corrected chi connectivity index (χ1v) is 4.26. The zero-order chi connectivity index (χ0) is 7.84. The average molecular weight is 192 g/mol. The first-order valence-electron chi connectivity index (χ1n) is 4.26. The highest BCUT2D eigenvalue weighted by Crippen LogP contribution is 2.31. The average Bonchev–Trinajstić information content (AvgIpc) is 2.32. The van der Waals surface area contributed by atoms with Crippen LogP contribution in [0.4, 0.5) is 0 Å². The van der Waals surface area contributed by atoms with Crippen molar-refractivity contribution in [3.8, 4) is 0 Å². The topological polar surface area (TPSA) is 49.3 Å². The van der Waals surface area contributed by atoms with Gasteiger partial charge in [0.1, 0.15) is 0 Å². The van der Waals surface area contributed by atoms with Crippen LogP contribution in [-0.2, 0) is 4.79 Å². The molecule has 3 atom stereocenters. The van der Waals surface area contributed by atoms with Gasteiger partial charge in [0.2, 0.25) is 0 Å². The molecule has 2 aliphatic rings. The molecule has 2 rings (SSSR count). The van der Waals surface area contributed by atoms with E-state index < -0.39 is 5.97 Å².